The molecule has 1 fully saturated rings. The molecule has 1 saturated heterocycles. The first-order valence-electron chi connectivity index (χ1n) is 10.6. The first-order valence-corrected chi connectivity index (χ1v) is 10.6. The number of nitrogens with one attached hydrogen (secondary N) is 2. The van der Waals surface area contributed by atoms with Crippen molar-refractivity contribution >= 4 is 24.1 Å². The molecule has 2 aliphatic heterocycles. The smallest absolute Gasteiger partial charge is 0.267 e. The number of primary amides is 1. The summed E-state index contributed by atoms with van der Waals surface area (Å²) in [5.74, 6) is 0.432. The Bertz CT molecular complexity index is 958. The molecule has 4 N–H and O–H groups in total. The molecule has 0 radical (unpaired) electrons. The van der Waals surface area contributed by atoms with Crippen molar-refractivity contribution in [2.45, 2.75) is 44.4 Å². The van der Waals surface area contributed by atoms with Gasteiger partial charge in [0.05, 0.1) is 12.2 Å². The molecular formula is C22H28N6O3. The fraction of sp³-hybridized carbons (Fsp3) is 0.455. The van der Waals surface area contributed by atoms with E-state index >= 15 is 0 Å². The van der Waals surface area contributed by atoms with E-state index in [1.54, 1.807) is 6.07 Å². The summed E-state index contributed by atoms with van der Waals surface area (Å²) >= 11 is 0. The van der Waals surface area contributed by atoms with Crippen molar-refractivity contribution in [2.24, 2.45) is 5.73 Å². The monoisotopic (exact) mass is 424 g/mol. The molecule has 9 nitrogen and oxygen atoms in total. The number of hydrogen-bond acceptors (Lipinski definition) is 7. The number of nitrogens with two attached hydrogens (primary N) is 1. The molecular weight excluding hydrogens is 396 g/mol. The van der Waals surface area contributed by atoms with Crippen LogP contribution in [-0.2, 0) is 21.7 Å². The van der Waals surface area contributed by atoms with E-state index < -0.39 is 5.91 Å². The van der Waals surface area contributed by atoms with E-state index in [0.717, 1.165) is 25.9 Å². The summed E-state index contributed by atoms with van der Waals surface area (Å²) < 4.78 is 6.24. The van der Waals surface area contributed by atoms with Gasteiger partial charge in [0.15, 0.2) is 0 Å². The van der Waals surface area contributed by atoms with Gasteiger partial charge in [-0.2, -0.15) is 4.98 Å². The molecule has 1 aromatic heterocycles. The second kappa shape index (κ2) is 8.89. The highest BCUT2D eigenvalue weighted by molar-refractivity contribution is 5.91. The third-order valence-electron chi connectivity index (χ3n) is 6.03. The third-order valence-corrected chi connectivity index (χ3v) is 6.03. The number of fused-ring (bicyclic) bond motifs is 2. The maximum atomic E-state index is 11.8. The van der Waals surface area contributed by atoms with Crippen LogP contribution < -0.4 is 21.3 Å². The number of ether oxygens (including phenoxy) is 1. The first-order chi connectivity index (χ1) is 15.0. The lowest BCUT2D eigenvalue weighted by atomic mass is 9.84. The van der Waals surface area contributed by atoms with Gasteiger partial charge in [-0.25, -0.2) is 4.98 Å². The average Bonchev–Trinajstić information content (AvgIpc) is 3.12. The van der Waals surface area contributed by atoms with Crippen molar-refractivity contribution in [1.29, 1.82) is 0 Å². The summed E-state index contributed by atoms with van der Waals surface area (Å²) in [6, 6.07) is 10.0. The minimum atomic E-state index is -0.594. The number of benzene rings is 1. The Morgan fingerprint density at radius 2 is 2.10 bits per heavy atom. The van der Waals surface area contributed by atoms with Crippen molar-refractivity contribution in [3.8, 4) is 0 Å². The number of carbonyl (C=O) groups is 2. The number of amides is 2. The lowest BCUT2D eigenvalue weighted by molar-refractivity contribution is -0.109. The van der Waals surface area contributed by atoms with Gasteiger partial charge >= 0.3 is 0 Å². The van der Waals surface area contributed by atoms with Crippen LogP contribution in [0.25, 0.3) is 0 Å². The molecule has 1 spiro atoms. The number of nitrogens with zero attached hydrogens (tertiary/aromatic N) is 3. The molecule has 0 bridgehead atoms. The molecule has 31 heavy (non-hydrogen) atoms. The number of piperidine rings is 1. The average molecular weight is 425 g/mol. The van der Waals surface area contributed by atoms with Gasteiger partial charge < -0.3 is 26.0 Å². The summed E-state index contributed by atoms with van der Waals surface area (Å²) in [5, 5.41) is 5.91. The van der Waals surface area contributed by atoms with E-state index in [1.807, 2.05) is 13.0 Å². The summed E-state index contributed by atoms with van der Waals surface area (Å²) in [7, 11) is 0. The van der Waals surface area contributed by atoms with Crippen molar-refractivity contribution in [1.82, 2.24) is 15.3 Å². The van der Waals surface area contributed by atoms with Crippen molar-refractivity contribution in [3.63, 3.8) is 0 Å². The Labute approximate surface area is 181 Å². The predicted molar refractivity (Wildman–Crippen MR) is 117 cm³/mol. The van der Waals surface area contributed by atoms with Crippen molar-refractivity contribution < 1.29 is 14.3 Å². The van der Waals surface area contributed by atoms with E-state index in [1.165, 1.54) is 11.1 Å². The Kier molecular flexibility index (Phi) is 6.03. The second-order valence-corrected chi connectivity index (χ2v) is 8.14. The highest BCUT2D eigenvalue weighted by Gasteiger charge is 2.42. The summed E-state index contributed by atoms with van der Waals surface area (Å²) in [5.41, 5.74) is 7.97. The van der Waals surface area contributed by atoms with Gasteiger partial charge in [0.25, 0.3) is 5.91 Å². The number of anilines is 2. The Hall–Kier alpha value is -3.20. The van der Waals surface area contributed by atoms with Gasteiger partial charge in [-0.1, -0.05) is 24.3 Å². The highest BCUT2D eigenvalue weighted by Crippen LogP contribution is 2.44. The van der Waals surface area contributed by atoms with Gasteiger partial charge in [0.2, 0.25) is 12.4 Å². The van der Waals surface area contributed by atoms with E-state index in [9.17, 15) is 9.59 Å². The van der Waals surface area contributed by atoms with E-state index in [2.05, 4.69) is 43.7 Å². The summed E-state index contributed by atoms with van der Waals surface area (Å²) in [6.45, 7) is 4.62. The molecule has 2 aliphatic rings. The summed E-state index contributed by atoms with van der Waals surface area (Å²) in [6.07, 6.45) is 3.04. The quantitative estimate of drug-likeness (QED) is 0.434. The fourth-order valence-corrected chi connectivity index (χ4v) is 4.33. The van der Waals surface area contributed by atoms with Crippen LogP contribution in [0.3, 0.4) is 0 Å². The Balaban J connectivity index is 1.49. The topological polar surface area (TPSA) is 122 Å². The highest BCUT2D eigenvalue weighted by atomic mass is 16.5. The zero-order chi connectivity index (χ0) is 21.8. The minimum absolute atomic E-state index is 0.0453. The largest absolute Gasteiger partial charge is 0.367 e. The van der Waals surface area contributed by atoms with Crippen LogP contribution in [0.4, 0.5) is 11.8 Å². The molecule has 164 valence electrons. The second-order valence-electron chi connectivity index (χ2n) is 8.14. The van der Waals surface area contributed by atoms with E-state index in [-0.39, 0.29) is 17.3 Å². The Morgan fingerprint density at radius 1 is 1.32 bits per heavy atom. The minimum Gasteiger partial charge on any atom is -0.367 e. The van der Waals surface area contributed by atoms with Crippen LogP contribution in [0.2, 0.25) is 0 Å². The zero-order valence-electron chi connectivity index (χ0n) is 17.6. The number of carbonyl (C=O) groups excluding carboxylic acids is 2. The van der Waals surface area contributed by atoms with Crippen LogP contribution in [0.5, 0.6) is 0 Å². The van der Waals surface area contributed by atoms with Crippen LogP contribution >= 0.6 is 0 Å². The lowest BCUT2D eigenvalue weighted by Crippen LogP contribution is -2.43. The molecule has 1 aromatic carbocycles. The molecule has 4 rings (SSSR count). The normalized spacial score (nSPS) is 17.8. The summed E-state index contributed by atoms with van der Waals surface area (Å²) in [4.78, 5) is 33.4. The lowest BCUT2D eigenvalue weighted by Gasteiger charge is -2.39. The SMILES string of the molecule is C[C@H](CCNC=O)Nc1cc(C(N)=O)nc(N2CCC3(CC2)OCc2ccccc23)n1. The maximum Gasteiger partial charge on any atom is 0.267 e. The number of rotatable bonds is 8. The molecule has 0 aliphatic carbocycles. The maximum absolute atomic E-state index is 11.8. The van der Waals surface area contributed by atoms with Gasteiger partial charge in [-0.15, -0.1) is 0 Å². The van der Waals surface area contributed by atoms with E-state index in [0.29, 0.717) is 37.7 Å². The van der Waals surface area contributed by atoms with Crippen LogP contribution in [-0.4, -0.2) is 48.0 Å². The zero-order valence-corrected chi connectivity index (χ0v) is 17.6. The number of aromatic nitrogens is 2. The van der Waals surface area contributed by atoms with Crippen LogP contribution in [0.15, 0.2) is 30.3 Å². The molecule has 2 aromatic rings. The fourth-order valence-electron chi connectivity index (χ4n) is 4.33. The standard InChI is InChI=1S/C22H28N6O3/c1-15(6-9-24-14-29)25-19-12-18(20(23)30)26-21(27-19)28-10-7-22(8-11-28)17-5-3-2-4-16(17)13-31-22/h2-5,12,14-15H,6-11,13H2,1H3,(H2,23,30)(H,24,29)(H,25,26,27)/t15-/m1/s1. The van der Waals surface area contributed by atoms with Crippen molar-refractivity contribution in [3.05, 3.63) is 47.2 Å². The van der Waals surface area contributed by atoms with Gasteiger partial charge in [0, 0.05) is 31.7 Å². The van der Waals surface area contributed by atoms with Gasteiger partial charge in [0.1, 0.15) is 11.5 Å². The number of hydrogen-bond donors (Lipinski definition) is 3. The molecule has 0 unspecified atom stereocenters. The molecule has 2 amide bonds. The van der Waals surface area contributed by atoms with Crippen LogP contribution in [0, 0.1) is 0 Å². The van der Waals surface area contributed by atoms with Gasteiger partial charge in [-0.3, -0.25) is 9.59 Å². The molecule has 9 heteroatoms. The molecule has 1 atom stereocenters. The first kappa shape index (κ1) is 21.0. The molecule has 3 heterocycles. The third kappa shape index (κ3) is 4.46. The van der Waals surface area contributed by atoms with Gasteiger partial charge in [-0.05, 0) is 37.3 Å². The van der Waals surface area contributed by atoms with E-state index in [4.69, 9.17) is 10.5 Å². The predicted octanol–water partition coefficient (Wildman–Crippen LogP) is 1.54. The molecule has 0 saturated carbocycles. The Morgan fingerprint density at radius 3 is 2.84 bits per heavy atom. The van der Waals surface area contributed by atoms with Crippen LogP contribution in [0.1, 0.15) is 47.8 Å². The van der Waals surface area contributed by atoms with Crippen molar-refractivity contribution in [2.75, 3.05) is 29.9 Å².